The van der Waals surface area contributed by atoms with Gasteiger partial charge in [-0.05, 0) is 68.6 Å². The molecule has 1 aliphatic carbocycles. The maximum Gasteiger partial charge on any atom is 0.338 e. The third-order valence-electron chi connectivity index (χ3n) is 4.94. The first-order valence-electron chi connectivity index (χ1n) is 9.43. The summed E-state index contributed by atoms with van der Waals surface area (Å²) < 4.78 is 4.96. The molecule has 0 spiro atoms. The number of nitrogens with zero attached hydrogens (tertiary/aromatic N) is 1. The second-order valence-corrected chi connectivity index (χ2v) is 6.87. The topological polar surface area (TPSA) is 58.6 Å². The van der Waals surface area contributed by atoms with Crippen molar-refractivity contribution in [2.45, 2.75) is 32.2 Å². The van der Waals surface area contributed by atoms with Crippen molar-refractivity contribution in [2.24, 2.45) is 0 Å². The van der Waals surface area contributed by atoms with Crippen molar-refractivity contribution in [1.82, 2.24) is 4.90 Å². The number of rotatable bonds is 6. The standard InChI is InChI=1S/C22H26N2O3/c1-3-27-22(26)17-11-13-18(14-12-17)23-21(25)15-24(2)20-10-6-8-16-7-4-5-9-19(16)20/h4-5,7,9,11-14,20H,3,6,8,10,15H2,1-2H3,(H,23,25). The van der Waals surface area contributed by atoms with Crippen LogP contribution in [0.25, 0.3) is 0 Å². The summed E-state index contributed by atoms with van der Waals surface area (Å²) in [6.07, 6.45) is 3.32. The van der Waals surface area contributed by atoms with E-state index in [2.05, 4.69) is 34.5 Å². The molecule has 0 bridgehead atoms. The summed E-state index contributed by atoms with van der Waals surface area (Å²) in [7, 11) is 2.00. The Kier molecular flexibility index (Phi) is 6.24. The van der Waals surface area contributed by atoms with Gasteiger partial charge < -0.3 is 10.1 Å². The third-order valence-corrected chi connectivity index (χ3v) is 4.94. The highest BCUT2D eigenvalue weighted by Gasteiger charge is 2.24. The molecule has 0 saturated heterocycles. The van der Waals surface area contributed by atoms with Crippen molar-refractivity contribution in [3.05, 3.63) is 65.2 Å². The number of carbonyl (C=O) groups is 2. The fourth-order valence-corrected chi connectivity index (χ4v) is 3.63. The van der Waals surface area contributed by atoms with Gasteiger partial charge in [0.25, 0.3) is 0 Å². The van der Waals surface area contributed by atoms with Crippen LogP contribution in [0.15, 0.2) is 48.5 Å². The van der Waals surface area contributed by atoms with Crippen LogP contribution in [0.4, 0.5) is 5.69 Å². The third kappa shape index (κ3) is 4.74. The van der Waals surface area contributed by atoms with Crippen LogP contribution >= 0.6 is 0 Å². The van der Waals surface area contributed by atoms with Gasteiger partial charge in [0, 0.05) is 11.7 Å². The molecule has 0 aromatic heterocycles. The van der Waals surface area contributed by atoms with E-state index in [-0.39, 0.29) is 17.9 Å². The highest BCUT2D eigenvalue weighted by atomic mass is 16.5. The van der Waals surface area contributed by atoms with Gasteiger partial charge in [-0.1, -0.05) is 24.3 Å². The van der Waals surface area contributed by atoms with Crippen LogP contribution in [0.1, 0.15) is 47.3 Å². The van der Waals surface area contributed by atoms with E-state index in [1.165, 1.54) is 11.1 Å². The van der Waals surface area contributed by atoms with Gasteiger partial charge in [0.1, 0.15) is 0 Å². The zero-order chi connectivity index (χ0) is 19.2. The lowest BCUT2D eigenvalue weighted by Crippen LogP contribution is -2.34. The number of nitrogens with one attached hydrogen (secondary N) is 1. The Morgan fingerprint density at radius 1 is 1.15 bits per heavy atom. The van der Waals surface area contributed by atoms with Crippen molar-refractivity contribution in [3.8, 4) is 0 Å². The molecule has 5 nitrogen and oxygen atoms in total. The SMILES string of the molecule is CCOC(=O)c1ccc(NC(=O)CN(C)C2CCCc3ccccc32)cc1. The van der Waals surface area contributed by atoms with E-state index in [0.29, 0.717) is 24.4 Å². The average molecular weight is 366 g/mol. The zero-order valence-corrected chi connectivity index (χ0v) is 15.9. The Morgan fingerprint density at radius 2 is 1.89 bits per heavy atom. The fraction of sp³-hybridized carbons (Fsp3) is 0.364. The van der Waals surface area contributed by atoms with E-state index >= 15 is 0 Å². The number of hydrogen-bond donors (Lipinski definition) is 1. The second kappa shape index (κ2) is 8.82. The van der Waals surface area contributed by atoms with E-state index in [4.69, 9.17) is 4.74 Å². The van der Waals surface area contributed by atoms with Gasteiger partial charge in [-0.25, -0.2) is 4.79 Å². The number of ether oxygens (including phenoxy) is 1. The summed E-state index contributed by atoms with van der Waals surface area (Å²) in [5.74, 6) is -0.421. The lowest BCUT2D eigenvalue weighted by Gasteiger charge is -2.32. The van der Waals surface area contributed by atoms with Crippen molar-refractivity contribution >= 4 is 17.6 Å². The van der Waals surface area contributed by atoms with Gasteiger partial charge in [-0.2, -0.15) is 0 Å². The molecular formula is C22H26N2O3. The van der Waals surface area contributed by atoms with E-state index in [0.717, 1.165) is 19.3 Å². The van der Waals surface area contributed by atoms with Crippen molar-refractivity contribution < 1.29 is 14.3 Å². The average Bonchev–Trinajstić information content (AvgIpc) is 2.68. The number of anilines is 1. The second-order valence-electron chi connectivity index (χ2n) is 6.87. The number of hydrogen-bond acceptors (Lipinski definition) is 4. The smallest absolute Gasteiger partial charge is 0.338 e. The minimum Gasteiger partial charge on any atom is -0.462 e. The molecule has 3 rings (SSSR count). The number of benzene rings is 2. The first-order chi connectivity index (χ1) is 13.1. The minimum absolute atomic E-state index is 0.0653. The highest BCUT2D eigenvalue weighted by Crippen LogP contribution is 2.33. The molecule has 0 saturated carbocycles. The quantitative estimate of drug-likeness (QED) is 0.790. The lowest BCUT2D eigenvalue weighted by atomic mass is 9.87. The van der Waals surface area contributed by atoms with Crippen LogP contribution in [-0.2, 0) is 16.0 Å². The molecule has 0 radical (unpaired) electrons. The summed E-state index contributed by atoms with van der Waals surface area (Å²) in [6, 6.07) is 15.5. The van der Waals surface area contributed by atoms with Gasteiger partial charge in [-0.3, -0.25) is 9.69 Å². The molecule has 1 N–H and O–H groups in total. The molecule has 2 aromatic carbocycles. The fourth-order valence-electron chi connectivity index (χ4n) is 3.63. The largest absolute Gasteiger partial charge is 0.462 e. The van der Waals surface area contributed by atoms with Crippen LogP contribution in [0.2, 0.25) is 0 Å². The van der Waals surface area contributed by atoms with E-state index < -0.39 is 0 Å². The molecule has 1 atom stereocenters. The van der Waals surface area contributed by atoms with E-state index in [9.17, 15) is 9.59 Å². The van der Waals surface area contributed by atoms with Crippen LogP contribution in [0, 0.1) is 0 Å². The lowest BCUT2D eigenvalue weighted by molar-refractivity contribution is -0.117. The maximum atomic E-state index is 12.5. The first kappa shape index (κ1) is 19.1. The van der Waals surface area contributed by atoms with Crippen molar-refractivity contribution in [2.75, 3.05) is 25.5 Å². The number of carbonyl (C=O) groups excluding carboxylic acids is 2. The summed E-state index contributed by atoms with van der Waals surface area (Å²) in [4.78, 5) is 26.2. The number of aryl methyl sites for hydroxylation is 1. The number of amides is 1. The summed E-state index contributed by atoms with van der Waals surface area (Å²) >= 11 is 0. The molecule has 0 fully saturated rings. The van der Waals surface area contributed by atoms with Gasteiger partial charge in [-0.15, -0.1) is 0 Å². The molecule has 27 heavy (non-hydrogen) atoms. The van der Waals surface area contributed by atoms with E-state index in [1.807, 2.05) is 7.05 Å². The number of likely N-dealkylation sites (N-methyl/N-ethyl adjacent to an activating group) is 1. The first-order valence-corrected chi connectivity index (χ1v) is 9.43. The molecule has 1 aliphatic rings. The molecular weight excluding hydrogens is 340 g/mol. The predicted octanol–water partition coefficient (Wildman–Crippen LogP) is 3.81. The molecule has 0 heterocycles. The molecule has 2 aromatic rings. The van der Waals surface area contributed by atoms with Crippen LogP contribution in [-0.4, -0.2) is 37.0 Å². The van der Waals surface area contributed by atoms with Gasteiger partial charge in [0.2, 0.25) is 5.91 Å². The Bertz CT molecular complexity index is 801. The molecule has 1 unspecified atom stereocenters. The van der Waals surface area contributed by atoms with Crippen LogP contribution in [0.5, 0.6) is 0 Å². The normalized spacial score (nSPS) is 15.9. The number of fused-ring (bicyclic) bond motifs is 1. The Hall–Kier alpha value is -2.66. The Balaban J connectivity index is 1.59. The van der Waals surface area contributed by atoms with Gasteiger partial charge in [0.15, 0.2) is 0 Å². The zero-order valence-electron chi connectivity index (χ0n) is 15.9. The van der Waals surface area contributed by atoms with Crippen molar-refractivity contribution in [3.63, 3.8) is 0 Å². The van der Waals surface area contributed by atoms with Crippen LogP contribution < -0.4 is 5.32 Å². The summed E-state index contributed by atoms with van der Waals surface area (Å²) in [5, 5.41) is 2.90. The predicted molar refractivity (Wildman–Crippen MR) is 106 cm³/mol. The molecule has 142 valence electrons. The van der Waals surface area contributed by atoms with E-state index in [1.54, 1.807) is 31.2 Å². The van der Waals surface area contributed by atoms with Crippen LogP contribution in [0.3, 0.4) is 0 Å². The highest BCUT2D eigenvalue weighted by molar-refractivity contribution is 5.94. The summed E-state index contributed by atoms with van der Waals surface area (Å²) in [5.41, 5.74) is 3.87. The summed E-state index contributed by atoms with van der Waals surface area (Å²) in [6.45, 7) is 2.43. The molecule has 1 amide bonds. The maximum absolute atomic E-state index is 12.5. The Labute approximate surface area is 160 Å². The Morgan fingerprint density at radius 3 is 2.63 bits per heavy atom. The van der Waals surface area contributed by atoms with Gasteiger partial charge in [0.05, 0.1) is 18.7 Å². The molecule has 5 heteroatoms. The monoisotopic (exact) mass is 366 g/mol. The molecule has 0 aliphatic heterocycles. The minimum atomic E-state index is -0.355. The van der Waals surface area contributed by atoms with Crippen molar-refractivity contribution in [1.29, 1.82) is 0 Å². The number of esters is 1. The van der Waals surface area contributed by atoms with Gasteiger partial charge >= 0.3 is 5.97 Å².